The number of nitrogens with two attached hydrogens (primary N) is 1. The summed E-state index contributed by atoms with van der Waals surface area (Å²) in [5.74, 6) is 0.918. The van der Waals surface area contributed by atoms with E-state index in [1.165, 1.54) is 11.1 Å². The average Bonchev–Trinajstić information content (AvgIpc) is 3.14. The zero-order valence-electron chi connectivity index (χ0n) is 12.9. The highest BCUT2D eigenvalue weighted by atomic mass is 16.5. The van der Waals surface area contributed by atoms with Crippen molar-refractivity contribution in [2.24, 2.45) is 5.73 Å². The number of amides is 1. The zero-order valence-corrected chi connectivity index (χ0v) is 12.9. The van der Waals surface area contributed by atoms with Crippen molar-refractivity contribution in [2.75, 3.05) is 38.2 Å². The molecule has 1 aromatic carbocycles. The first-order valence-corrected chi connectivity index (χ1v) is 7.59. The van der Waals surface area contributed by atoms with E-state index in [1.807, 2.05) is 12.1 Å². The molecule has 118 valence electrons. The summed E-state index contributed by atoms with van der Waals surface area (Å²) in [6.45, 7) is 3.72. The quantitative estimate of drug-likeness (QED) is 0.829. The van der Waals surface area contributed by atoms with Gasteiger partial charge in [0.1, 0.15) is 11.6 Å². The van der Waals surface area contributed by atoms with Gasteiger partial charge in [0.05, 0.1) is 12.7 Å². The van der Waals surface area contributed by atoms with Gasteiger partial charge in [-0.05, 0) is 34.7 Å². The Hall–Kier alpha value is -2.60. The molecule has 6 heteroatoms. The number of aromatic nitrogens is 1. The SMILES string of the molecule is COc1cc2c(N3CC4=C(CNC4)C3)nccc2cc1C(N)=O. The monoisotopic (exact) mass is 310 g/mol. The van der Waals surface area contributed by atoms with E-state index >= 15 is 0 Å². The molecule has 0 bridgehead atoms. The van der Waals surface area contributed by atoms with E-state index in [9.17, 15) is 4.79 Å². The van der Waals surface area contributed by atoms with Crippen molar-refractivity contribution in [3.8, 4) is 5.75 Å². The third kappa shape index (κ3) is 2.22. The second-order valence-corrected chi connectivity index (χ2v) is 5.94. The summed E-state index contributed by atoms with van der Waals surface area (Å²) in [4.78, 5) is 18.4. The van der Waals surface area contributed by atoms with E-state index in [4.69, 9.17) is 10.5 Å². The van der Waals surface area contributed by atoms with Crippen LogP contribution in [0.2, 0.25) is 0 Å². The summed E-state index contributed by atoms with van der Waals surface area (Å²) < 4.78 is 5.34. The molecule has 0 atom stereocenters. The number of benzene rings is 1. The fourth-order valence-corrected chi connectivity index (χ4v) is 3.42. The van der Waals surface area contributed by atoms with E-state index in [-0.39, 0.29) is 0 Å². The average molecular weight is 310 g/mol. The molecule has 3 heterocycles. The molecule has 4 rings (SSSR count). The predicted molar refractivity (Wildman–Crippen MR) is 88.9 cm³/mol. The fourth-order valence-electron chi connectivity index (χ4n) is 3.42. The molecule has 2 aliphatic rings. The number of hydrogen-bond donors (Lipinski definition) is 2. The van der Waals surface area contributed by atoms with Gasteiger partial charge < -0.3 is 20.7 Å². The van der Waals surface area contributed by atoms with Gasteiger partial charge in [-0.2, -0.15) is 0 Å². The smallest absolute Gasteiger partial charge is 0.252 e. The van der Waals surface area contributed by atoms with Crippen LogP contribution in [0.25, 0.3) is 10.8 Å². The van der Waals surface area contributed by atoms with E-state index < -0.39 is 5.91 Å². The lowest BCUT2D eigenvalue weighted by Gasteiger charge is -2.21. The van der Waals surface area contributed by atoms with Crippen molar-refractivity contribution in [1.29, 1.82) is 0 Å². The van der Waals surface area contributed by atoms with Crippen LogP contribution in [-0.4, -0.2) is 44.2 Å². The Balaban J connectivity index is 1.80. The summed E-state index contributed by atoms with van der Waals surface area (Å²) in [7, 11) is 1.54. The molecule has 3 N–H and O–H groups in total. The largest absolute Gasteiger partial charge is 0.496 e. The van der Waals surface area contributed by atoms with E-state index in [1.54, 1.807) is 19.4 Å². The van der Waals surface area contributed by atoms with E-state index in [0.717, 1.165) is 42.8 Å². The summed E-state index contributed by atoms with van der Waals surface area (Å²) in [6.07, 6.45) is 1.77. The van der Waals surface area contributed by atoms with Gasteiger partial charge in [0, 0.05) is 37.8 Å². The van der Waals surface area contributed by atoms with Crippen LogP contribution in [-0.2, 0) is 0 Å². The minimum absolute atomic E-state index is 0.392. The third-order valence-corrected chi connectivity index (χ3v) is 4.57. The van der Waals surface area contributed by atoms with Crippen LogP contribution in [0.3, 0.4) is 0 Å². The van der Waals surface area contributed by atoms with Crippen LogP contribution < -0.4 is 20.7 Å². The molecule has 0 radical (unpaired) electrons. The van der Waals surface area contributed by atoms with Gasteiger partial charge in [0.25, 0.3) is 5.91 Å². The minimum atomic E-state index is -0.491. The van der Waals surface area contributed by atoms with Crippen molar-refractivity contribution >= 4 is 22.5 Å². The number of hydrogen-bond acceptors (Lipinski definition) is 5. The topological polar surface area (TPSA) is 80.5 Å². The summed E-state index contributed by atoms with van der Waals surface area (Å²) in [5.41, 5.74) is 8.76. The number of carbonyl (C=O) groups excluding carboxylic acids is 1. The van der Waals surface area contributed by atoms with Gasteiger partial charge in [0.15, 0.2) is 0 Å². The Morgan fingerprint density at radius 3 is 2.70 bits per heavy atom. The molecule has 0 saturated carbocycles. The first-order valence-electron chi connectivity index (χ1n) is 7.59. The Morgan fingerprint density at radius 2 is 2.04 bits per heavy atom. The normalized spacial score (nSPS) is 17.0. The van der Waals surface area contributed by atoms with Gasteiger partial charge in [-0.3, -0.25) is 4.79 Å². The van der Waals surface area contributed by atoms with Crippen LogP contribution in [0.4, 0.5) is 5.82 Å². The van der Waals surface area contributed by atoms with Crippen molar-refractivity contribution in [3.05, 3.63) is 41.1 Å². The number of nitrogens with one attached hydrogen (secondary N) is 1. The highest BCUT2D eigenvalue weighted by molar-refractivity contribution is 6.03. The number of pyridine rings is 1. The molecule has 2 aliphatic heterocycles. The summed E-state index contributed by atoms with van der Waals surface area (Å²) in [6, 6.07) is 5.53. The zero-order chi connectivity index (χ0) is 16.0. The number of rotatable bonds is 3. The summed E-state index contributed by atoms with van der Waals surface area (Å²) in [5, 5.41) is 5.29. The molecule has 0 spiro atoms. The lowest BCUT2D eigenvalue weighted by atomic mass is 10.1. The molecular formula is C17H18N4O2. The van der Waals surface area contributed by atoms with Gasteiger partial charge in [-0.25, -0.2) is 4.98 Å². The molecule has 1 aromatic heterocycles. The predicted octanol–water partition coefficient (Wildman–Crippen LogP) is 1.06. The minimum Gasteiger partial charge on any atom is -0.496 e. The molecule has 0 saturated heterocycles. The van der Waals surface area contributed by atoms with Crippen molar-refractivity contribution in [1.82, 2.24) is 10.3 Å². The second kappa shape index (κ2) is 5.24. The summed E-state index contributed by atoms with van der Waals surface area (Å²) >= 11 is 0. The first kappa shape index (κ1) is 14.0. The van der Waals surface area contributed by atoms with E-state index in [0.29, 0.717) is 11.3 Å². The maximum absolute atomic E-state index is 11.6. The Kier molecular flexibility index (Phi) is 3.20. The van der Waals surface area contributed by atoms with Crippen molar-refractivity contribution in [3.63, 3.8) is 0 Å². The molecule has 23 heavy (non-hydrogen) atoms. The first-order chi connectivity index (χ1) is 11.2. The number of nitrogens with zero attached hydrogens (tertiary/aromatic N) is 2. The molecule has 1 amide bonds. The Morgan fingerprint density at radius 1 is 1.30 bits per heavy atom. The van der Waals surface area contributed by atoms with Gasteiger partial charge in [-0.1, -0.05) is 0 Å². The molecule has 6 nitrogen and oxygen atoms in total. The number of carbonyl (C=O) groups is 1. The lowest BCUT2D eigenvalue weighted by Crippen LogP contribution is -2.27. The Labute approximate surface area is 133 Å². The third-order valence-electron chi connectivity index (χ3n) is 4.57. The highest BCUT2D eigenvalue weighted by Crippen LogP contribution is 2.34. The van der Waals surface area contributed by atoms with Gasteiger partial charge >= 0.3 is 0 Å². The standard InChI is InChI=1S/C17H18N4O2/c1-23-15-5-13-10(4-14(15)16(18)22)2-3-20-17(13)21-8-11-6-19-7-12(11)9-21/h2-5,19H,6-9H2,1H3,(H2,18,22). The number of primary amides is 1. The number of ether oxygens (including phenoxy) is 1. The van der Waals surface area contributed by atoms with E-state index in [2.05, 4.69) is 15.2 Å². The Bertz CT molecular complexity index is 828. The highest BCUT2D eigenvalue weighted by Gasteiger charge is 2.27. The maximum atomic E-state index is 11.6. The lowest BCUT2D eigenvalue weighted by molar-refractivity contribution is 0.0997. The number of anilines is 1. The number of fused-ring (bicyclic) bond motifs is 1. The molecule has 0 aliphatic carbocycles. The van der Waals surface area contributed by atoms with Crippen LogP contribution in [0.15, 0.2) is 35.5 Å². The molecule has 0 fully saturated rings. The molecule has 0 unspecified atom stereocenters. The van der Waals surface area contributed by atoms with Crippen LogP contribution >= 0.6 is 0 Å². The van der Waals surface area contributed by atoms with Crippen molar-refractivity contribution in [2.45, 2.75) is 0 Å². The molecule has 2 aromatic rings. The van der Waals surface area contributed by atoms with Gasteiger partial charge in [0.2, 0.25) is 0 Å². The molecular weight excluding hydrogens is 292 g/mol. The van der Waals surface area contributed by atoms with Crippen LogP contribution in [0, 0.1) is 0 Å². The van der Waals surface area contributed by atoms with Crippen LogP contribution in [0.5, 0.6) is 5.75 Å². The fraction of sp³-hybridized carbons (Fsp3) is 0.294. The number of methoxy groups -OCH3 is 1. The maximum Gasteiger partial charge on any atom is 0.252 e. The van der Waals surface area contributed by atoms with Crippen molar-refractivity contribution < 1.29 is 9.53 Å². The van der Waals surface area contributed by atoms with Crippen LogP contribution in [0.1, 0.15) is 10.4 Å². The van der Waals surface area contributed by atoms with Gasteiger partial charge in [-0.15, -0.1) is 0 Å². The second-order valence-electron chi connectivity index (χ2n) is 5.94.